The minimum absolute atomic E-state index is 0.246. The molecule has 5 nitrogen and oxygen atoms in total. The lowest BCUT2D eigenvalue weighted by Gasteiger charge is -2.00. The first kappa shape index (κ1) is 14.3. The number of carboxylic acid groups (broad SMARTS) is 1. The Labute approximate surface area is 134 Å². The summed E-state index contributed by atoms with van der Waals surface area (Å²) in [6.45, 7) is 0. The van der Waals surface area contributed by atoms with E-state index in [1.807, 2.05) is 24.4 Å². The van der Waals surface area contributed by atoms with Gasteiger partial charge < -0.3 is 10.1 Å². The summed E-state index contributed by atoms with van der Waals surface area (Å²) >= 11 is 3.45. The number of anilines is 1. The van der Waals surface area contributed by atoms with Crippen molar-refractivity contribution in [3.05, 3.63) is 64.3 Å². The average Bonchev–Trinajstić information content (AvgIpc) is 2.90. The second kappa shape index (κ2) is 6.03. The highest BCUT2D eigenvalue weighted by atomic mass is 79.9. The van der Waals surface area contributed by atoms with E-state index in [0.717, 1.165) is 26.6 Å². The maximum absolute atomic E-state index is 10.8. The number of carboxylic acids is 1. The van der Waals surface area contributed by atoms with Gasteiger partial charge >= 0.3 is 5.97 Å². The van der Waals surface area contributed by atoms with Crippen LogP contribution in [0.15, 0.2) is 58.2 Å². The van der Waals surface area contributed by atoms with Gasteiger partial charge in [-0.15, -0.1) is 0 Å². The first-order valence-corrected chi connectivity index (χ1v) is 7.32. The van der Waals surface area contributed by atoms with Gasteiger partial charge in [-0.2, -0.15) is 5.10 Å². The summed E-state index contributed by atoms with van der Waals surface area (Å²) in [6.07, 6.45) is 3.60. The first-order valence-electron chi connectivity index (χ1n) is 6.52. The van der Waals surface area contributed by atoms with Crippen molar-refractivity contribution in [1.82, 2.24) is 4.98 Å². The Morgan fingerprint density at radius 2 is 2.00 bits per heavy atom. The molecule has 3 rings (SSSR count). The number of hydrazone groups is 1. The summed E-state index contributed by atoms with van der Waals surface area (Å²) in [5, 5.41) is 14.1. The number of aromatic carboxylic acids is 1. The van der Waals surface area contributed by atoms with Crippen molar-refractivity contribution in [1.29, 1.82) is 0 Å². The number of nitrogens with one attached hydrogen (secondary N) is 2. The second-order valence-corrected chi connectivity index (χ2v) is 5.60. The van der Waals surface area contributed by atoms with E-state index >= 15 is 0 Å². The number of halogens is 1. The zero-order valence-electron chi connectivity index (χ0n) is 11.4. The molecule has 0 fully saturated rings. The fraction of sp³-hybridized carbons (Fsp3) is 0. The summed E-state index contributed by atoms with van der Waals surface area (Å²) in [5.74, 6) is -0.945. The molecule has 0 spiro atoms. The fourth-order valence-corrected chi connectivity index (χ4v) is 2.45. The monoisotopic (exact) mass is 357 g/mol. The zero-order valence-corrected chi connectivity index (χ0v) is 13.0. The quantitative estimate of drug-likeness (QED) is 0.486. The maximum Gasteiger partial charge on any atom is 0.335 e. The summed E-state index contributed by atoms with van der Waals surface area (Å²) in [7, 11) is 0. The van der Waals surface area contributed by atoms with Gasteiger partial charge in [0.05, 0.1) is 17.5 Å². The third kappa shape index (κ3) is 3.01. The number of benzene rings is 2. The van der Waals surface area contributed by atoms with Crippen molar-refractivity contribution < 1.29 is 9.90 Å². The third-order valence-electron chi connectivity index (χ3n) is 3.20. The average molecular weight is 358 g/mol. The topological polar surface area (TPSA) is 77.5 Å². The molecule has 0 saturated heterocycles. The van der Waals surface area contributed by atoms with Gasteiger partial charge in [-0.05, 0) is 42.5 Å². The zero-order chi connectivity index (χ0) is 15.5. The molecule has 1 heterocycles. The number of H-pyrrole nitrogens is 1. The van der Waals surface area contributed by atoms with Crippen LogP contribution in [0.1, 0.15) is 15.9 Å². The molecule has 110 valence electrons. The lowest BCUT2D eigenvalue weighted by molar-refractivity contribution is 0.0697. The molecule has 2 aromatic carbocycles. The minimum Gasteiger partial charge on any atom is -0.478 e. The van der Waals surface area contributed by atoms with E-state index in [4.69, 9.17) is 5.11 Å². The lowest BCUT2D eigenvalue weighted by atomic mass is 10.2. The van der Waals surface area contributed by atoms with Crippen LogP contribution in [0.3, 0.4) is 0 Å². The van der Waals surface area contributed by atoms with Crippen molar-refractivity contribution in [3.63, 3.8) is 0 Å². The van der Waals surface area contributed by atoms with Crippen molar-refractivity contribution in [3.8, 4) is 0 Å². The Balaban J connectivity index is 1.76. The molecule has 0 saturated carbocycles. The number of nitrogens with zero attached hydrogens (tertiary/aromatic N) is 1. The summed E-state index contributed by atoms with van der Waals surface area (Å²) in [5.41, 5.74) is 5.85. The molecule has 3 N–H and O–H groups in total. The first-order chi connectivity index (χ1) is 10.6. The third-order valence-corrected chi connectivity index (χ3v) is 3.70. The molecule has 1 aromatic heterocycles. The number of hydrogen-bond donors (Lipinski definition) is 3. The van der Waals surface area contributed by atoms with E-state index in [1.165, 1.54) is 12.1 Å². The Morgan fingerprint density at radius 1 is 1.23 bits per heavy atom. The summed E-state index contributed by atoms with van der Waals surface area (Å²) < 4.78 is 1.01. The number of carbonyl (C=O) groups is 1. The van der Waals surface area contributed by atoms with Crippen molar-refractivity contribution in [2.24, 2.45) is 5.10 Å². The van der Waals surface area contributed by atoms with Crippen molar-refractivity contribution in [2.45, 2.75) is 0 Å². The van der Waals surface area contributed by atoms with Gasteiger partial charge in [-0.25, -0.2) is 4.79 Å². The molecule has 0 aliphatic rings. The lowest BCUT2D eigenvalue weighted by Crippen LogP contribution is -1.96. The van der Waals surface area contributed by atoms with Crippen molar-refractivity contribution >= 4 is 44.7 Å². The van der Waals surface area contributed by atoms with Gasteiger partial charge in [0.25, 0.3) is 0 Å². The fourth-order valence-electron chi connectivity index (χ4n) is 2.08. The highest BCUT2D eigenvalue weighted by molar-refractivity contribution is 9.10. The van der Waals surface area contributed by atoms with Gasteiger partial charge in [0.1, 0.15) is 0 Å². The summed E-state index contributed by atoms with van der Waals surface area (Å²) in [6, 6.07) is 12.4. The van der Waals surface area contributed by atoms with Crippen LogP contribution in [0.25, 0.3) is 10.9 Å². The van der Waals surface area contributed by atoms with E-state index in [9.17, 15) is 4.79 Å². The molecule has 0 atom stereocenters. The molecule has 0 radical (unpaired) electrons. The van der Waals surface area contributed by atoms with Crippen LogP contribution < -0.4 is 5.43 Å². The van der Waals surface area contributed by atoms with Crippen molar-refractivity contribution in [2.75, 3.05) is 5.43 Å². The highest BCUT2D eigenvalue weighted by Gasteiger charge is 2.02. The maximum atomic E-state index is 10.8. The Kier molecular flexibility index (Phi) is 3.93. The molecule has 0 bridgehead atoms. The Bertz CT molecular complexity index is 853. The minimum atomic E-state index is -0.945. The number of aromatic amines is 1. The van der Waals surface area contributed by atoms with E-state index in [2.05, 4.69) is 31.4 Å². The van der Waals surface area contributed by atoms with Crippen LogP contribution in [-0.4, -0.2) is 22.3 Å². The number of hydrogen-bond acceptors (Lipinski definition) is 3. The number of aromatic nitrogens is 1. The molecular weight excluding hydrogens is 346 g/mol. The van der Waals surface area contributed by atoms with Crippen LogP contribution in [0, 0.1) is 0 Å². The van der Waals surface area contributed by atoms with E-state index in [0.29, 0.717) is 0 Å². The second-order valence-electron chi connectivity index (χ2n) is 4.69. The van der Waals surface area contributed by atoms with Crippen LogP contribution in [0.2, 0.25) is 0 Å². The molecule has 3 aromatic rings. The largest absolute Gasteiger partial charge is 0.478 e. The molecule has 0 aliphatic carbocycles. The molecule has 0 unspecified atom stereocenters. The molecule has 6 heteroatoms. The number of rotatable bonds is 4. The van der Waals surface area contributed by atoms with Crippen LogP contribution in [0.5, 0.6) is 0 Å². The van der Waals surface area contributed by atoms with Gasteiger partial charge in [-0.3, -0.25) is 5.43 Å². The smallest absolute Gasteiger partial charge is 0.335 e. The standard InChI is InChI=1S/C16H12BrN3O2/c17-12-3-6-15-14(7-12)11(8-18-15)9-19-20-13-4-1-10(2-5-13)16(21)22/h1-9,18,20H,(H,21,22)/b19-9+. The number of fused-ring (bicyclic) bond motifs is 1. The van der Waals surface area contributed by atoms with Gasteiger partial charge in [-0.1, -0.05) is 15.9 Å². The van der Waals surface area contributed by atoms with Gasteiger partial charge in [0.15, 0.2) is 0 Å². The van der Waals surface area contributed by atoms with E-state index < -0.39 is 5.97 Å². The van der Waals surface area contributed by atoms with Crippen LogP contribution in [-0.2, 0) is 0 Å². The van der Waals surface area contributed by atoms with Gasteiger partial charge in [0.2, 0.25) is 0 Å². The SMILES string of the molecule is O=C(O)c1ccc(N/N=C/c2c[nH]c3ccc(Br)cc23)cc1. The van der Waals surface area contributed by atoms with Crippen LogP contribution >= 0.6 is 15.9 Å². The Morgan fingerprint density at radius 3 is 2.73 bits per heavy atom. The molecular formula is C16H12BrN3O2. The molecule has 0 aliphatic heterocycles. The predicted octanol–water partition coefficient (Wildman–Crippen LogP) is 4.07. The highest BCUT2D eigenvalue weighted by Crippen LogP contribution is 2.21. The van der Waals surface area contributed by atoms with Gasteiger partial charge in [0, 0.05) is 27.1 Å². The van der Waals surface area contributed by atoms with E-state index in [1.54, 1.807) is 18.3 Å². The molecule has 22 heavy (non-hydrogen) atoms. The Hall–Kier alpha value is -2.60. The van der Waals surface area contributed by atoms with E-state index in [-0.39, 0.29) is 5.56 Å². The molecule has 0 amide bonds. The predicted molar refractivity (Wildman–Crippen MR) is 90.6 cm³/mol. The summed E-state index contributed by atoms with van der Waals surface area (Å²) in [4.78, 5) is 14.0. The normalized spacial score (nSPS) is 11.1. The van der Waals surface area contributed by atoms with Crippen LogP contribution in [0.4, 0.5) is 5.69 Å².